The standard InChI is InChI=1S/C19H20FNO3S/c1-3-24-19(23)16-14-10-11(2)4-9-15(14)25-18(16)21-17(22)12-5-7-13(20)8-6-12/h5-8,11H,3-4,9-10H2,1-2H3,(H,21,22)/t11-/m0/s1. The molecule has 0 bridgehead atoms. The zero-order valence-electron chi connectivity index (χ0n) is 14.2. The van der Waals surface area contributed by atoms with Gasteiger partial charge in [-0.15, -0.1) is 11.3 Å². The van der Waals surface area contributed by atoms with Crippen LogP contribution in [0.15, 0.2) is 24.3 Å². The molecule has 3 rings (SSSR count). The predicted octanol–water partition coefficient (Wildman–Crippen LogP) is 4.44. The smallest absolute Gasteiger partial charge is 0.341 e. The number of anilines is 1. The van der Waals surface area contributed by atoms with Gasteiger partial charge in [-0.3, -0.25) is 4.79 Å². The van der Waals surface area contributed by atoms with Gasteiger partial charge in [-0.05, 0) is 61.9 Å². The number of halogens is 1. The van der Waals surface area contributed by atoms with E-state index in [9.17, 15) is 14.0 Å². The minimum Gasteiger partial charge on any atom is -0.462 e. The van der Waals surface area contributed by atoms with Crippen molar-refractivity contribution in [2.24, 2.45) is 5.92 Å². The van der Waals surface area contributed by atoms with Gasteiger partial charge in [0.1, 0.15) is 10.8 Å². The lowest BCUT2D eigenvalue weighted by Crippen LogP contribution is -2.17. The molecule has 25 heavy (non-hydrogen) atoms. The number of amides is 1. The molecule has 6 heteroatoms. The molecule has 1 N–H and O–H groups in total. The van der Waals surface area contributed by atoms with Crippen molar-refractivity contribution in [3.63, 3.8) is 0 Å². The van der Waals surface area contributed by atoms with Gasteiger partial charge in [-0.25, -0.2) is 9.18 Å². The number of thiophene rings is 1. The first-order valence-electron chi connectivity index (χ1n) is 8.38. The Balaban J connectivity index is 1.93. The number of hydrogen-bond donors (Lipinski definition) is 1. The molecule has 0 saturated carbocycles. The molecule has 132 valence electrons. The Morgan fingerprint density at radius 2 is 2.04 bits per heavy atom. The maximum absolute atomic E-state index is 13.0. The number of carbonyl (C=O) groups excluding carboxylic acids is 2. The van der Waals surface area contributed by atoms with E-state index in [1.165, 1.54) is 35.6 Å². The number of rotatable bonds is 4. The zero-order valence-corrected chi connectivity index (χ0v) is 15.0. The third-order valence-electron chi connectivity index (χ3n) is 4.32. The Labute approximate surface area is 150 Å². The van der Waals surface area contributed by atoms with Gasteiger partial charge in [-0.2, -0.15) is 0 Å². The van der Waals surface area contributed by atoms with Gasteiger partial charge in [0.15, 0.2) is 0 Å². The third kappa shape index (κ3) is 3.74. The van der Waals surface area contributed by atoms with Gasteiger partial charge < -0.3 is 10.1 Å². The second-order valence-electron chi connectivity index (χ2n) is 6.24. The summed E-state index contributed by atoms with van der Waals surface area (Å²) in [6, 6.07) is 5.32. The van der Waals surface area contributed by atoms with Gasteiger partial charge in [0.25, 0.3) is 5.91 Å². The molecule has 0 saturated heterocycles. The quantitative estimate of drug-likeness (QED) is 0.819. The highest BCUT2D eigenvalue weighted by atomic mass is 32.1. The number of hydrogen-bond acceptors (Lipinski definition) is 4. The van der Waals surface area contributed by atoms with Gasteiger partial charge in [0.05, 0.1) is 12.2 Å². The molecule has 4 nitrogen and oxygen atoms in total. The summed E-state index contributed by atoms with van der Waals surface area (Å²) in [5, 5.41) is 3.33. The fraction of sp³-hybridized carbons (Fsp3) is 0.368. The van der Waals surface area contributed by atoms with E-state index in [2.05, 4.69) is 12.2 Å². The van der Waals surface area contributed by atoms with E-state index in [0.717, 1.165) is 29.7 Å². The summed E-state index contributed by atoms with van der Waals surface area (Å²) >= 11 is 1.44. The highest BCUT2D eigenvalue weighted by molar-refractivity contribution is 7.17. The monoisotopic (exact) mass is 361 g/mol. The normalized spacial score (nSPS) is 16.2. The molecule has 1 aromatic heterocycles. The molecule has 0 radical (unpaired) electrons. The Bertz CT molecular complexity index is 798. The van der Waals surface area contributed by atoms with E-state index in [-0.39, 0.29) is 12.5 Å². The average Bonchev–Trinajstić information content (AvgIpc) is 2.92. The van der Waals surface area contributed by atoms with Crippen LogP contribution >= 0.6 is 11.3 Å². The number of nitrogens with one attached hydrogen (secondary N) is 1. The molecule has 1 heterocycles. The van der Waals surface area contributed by atoms with Crippen molar-refractivity contribution in [1.82, 2.24) is 0 Å². The summed E-state index contributed by atoms with van der Waals surface area (Å²) in [5.74, 6) is -0.666. The fourth-order valence-electron chi connectivity index (χ4n) is 3.04. The minimum absolute atomic E-state index is 0.282. The second-order valence-corrected chi connectivity index (χ2v) is 7.34. The molecule has 0 spiro atoms. The largest absolute Gasteiger partial charge is 0.462 e. The lowest BCUT2D eigenvalue weighted by Gasteiger charge is -2.18. The minimum atomic E-state index is -0.400. The zero-order chi connectivity index (χ0) is 18.0. The second kappa shape index (κ2) is 7.35. The Kier molecular flexibility index (Phi) is 5.18. The number of benzene rings is 1. The van der Waals surface area contributed by atoms with Gasteiger partial charge >= 0.3 is 5.97 Å². The lowest BCUT2D eigenvalue weighted by atomic mass is 9.88. The maximum atomic E-state index is 13.0. The van der Waals surface area contributed by atoms with E-state index < -0.39 is 11.8 Å². The molecular weight excluding hydrogens is 341 g/mol. The van der Waals surface area contributed by atoms with E-state index >= 15 is 0 Å². The van der Waals surface area contributed by atoms with E-state index in [1.807, 2.05) is 0 Å². The fourth-order valence-corrected chi connectivity index (χ4v) is 4.27. The van der Waals surface area contributed by atoms with Crippen molar-refractivity contribution in [3.8, 4) is 0 Å². The average molecular weight is 361 g/mol. The van der Waals surface area contributed by atoms with Crippen LogP contribution in [0.2, 0.25) is 0 Å². The summed E-state index contributed by atoms with van der Waals surface area (Å²) < 4.78 is 18.2. The number of aryl methyl sites for hydroxylation is 1. The van der Waals surface area contributed by atoms with Crippen LogP contribution in [0.5, 0.6) is 0 Å². The van der Waals surface area contributed by atoms with Crippen molar-refractivity contribution in [2.45, 2.75) is 33.1 Å². The Hall–Kier alpha value is -2.21. The van der Waals surface area contributed by atoms with Crippen LogP contribution in [0.25, 0.3) is 0 Å². The number of esters is 1. The SMILES string of the molecule is CCOC(=O)c1c(NC(=O)c2ccc(F)cc2)sc2c1C[C@@H](C)CC2. The van der Waals surface area contributed by atoms with Gasteiger partial charge in [-0.1, -0.05) is 6.92 Å². The van der Waals surface area contributed by atoms with Crippen LogP contribution in [0, 0.1) is 11.7 Å². The molecule has 1 amide bonds. The van der Waals surface area contributed by atoms with Crippen molar-refractivity contribution < 1.29 is 18.7 Å². The molecule has 1 atom stereocenters. The van der Waals surface area contributed by atoms with Gasteiger partial charge in [0.2, 0.25) is 0 Å². The number of ether oxygens (including phenoxy) is 1. The Morgan fingerprint density at radius 1 is 1.32 bits per heavy atom. The molecule has 0 aliphatic heterocycles. The summed E-state index contributed by atoms with van der Waals surface area (Å²) in [6.45, 7) is 4.20. The van der Waals surface area contributed by atoms with Crippen LogP contribution in [0.3, 0.4) is 0 Å². The van der Waals surface area contributed by atoms with Crippen molar-refractivity contribution in [1.29, 1.82) is 0 Å². The number of carbonyl (C=O) groups is 2. The van der Waals surface area contributed by atoms with E-state index in [0.29, 0.717) is 22.0 Å². The molecule has 2 aromatic rings. The van der Waals surface area contributed by atoms with Crippen molar-refractivity contribution in [3.05, 3.63) is 51.7 Å². The van der Waals surface area contributed by atoms with Crippen molar-refractivity contribution >= 4 is 28.2 Å². The summed E-state index contributed by atoms with van der Waals surface area (Å²) in [5.41, 5.74) is 1.82. The summed E-state index contributed by atoms with van der Waals surface area (Å²) in [4.78, 5) is 26.0. The summed E-state index contributed by atoms with van der Waals surface area (Å²) in [7, 11) is 0. The van der Waals surface area contributed by atoms with Crippen LogP contribution in [0.1, 0.15) is 51.4 Å². The van der Waals surface area contributed by atoms with Crippen LogP contribution < -0.4 is 5.32 Å². The van der Waals surface area contributed by atoms with Crippen LogP contribution in [-0.2, 0) is 17.6 Å². The molecule has 1 aliphatic rings. The first-order chi connectivity index (χ1) is 12.0. The molecular formula is C19H20FNO3S. The van der Waals surface area contributed by atoms with Crippen LogP contribution in [0.4, 0.5) is 9.39 Å². The van der Waals surface area contributed by atoms with Gasteiger partial charge in [0, 0.05) is 10.4 Å². The summed E-state index contributed by atoms with van der Waals surface area (Å²) in [6.07, 6.45) is 2.79. The maximum Gasteiger partial charge on any atom is 0.341 e. The molecule has 0 unspecified atom stereocenters. The third-order valence-corrected chi connectivity index (χ3v) is 5.53. The highest BCUT2D eigenvalue weighted by Crippen LogP contribution is 2.40. The first-order valence-corrected chi connectivity index (χ1v) is 9.19. The lowest BCUT2D eigenvalue weighted by molar-refractivity contribution is 0.0526. The number of fused-ring (bicyclic) bond motifs is 1. The molecule has 1 aromatic carbocycles. The first kappa shape index (κ1) is 17.6. The van der Waals surface area contributed by atoms with E-state index in [1.54, 1.807) is 6.92 Å². The highest BCUT2D eigenvalue weighted by Gasteiger charge is 2.29. The predicted molar refractivity (Wildman–Crippen MR) is 95.8 cm³/mol. The topological polar surface area (TPSA) is 55.4 Å². The van der Waals surface area contributed by atoms with Crippen molar-refractivity contribution in [2.75, 3.05) is 11.9 Å². The van der Waals surface area contributed by atoms with E-state index in [4.69, 9.17) is 4.74 Å². The molecule has 0 fully saturated rings. The molecule has 1 aliphatic carbocycles. The van der Waals surface area contributed by atoms with Crippen LogP contribution in [-0.4, -0.2) is 18.5 Å². The Morgan fingerprint density at radius 3 is 2.72 bits per heavy atom.